The topological polar surface area (TPSA) is 76.9 Å². The minimum atomic E-state index is -4.52. The van der Waals surface area contributed by atoms with Gasteiger partial charge in [-0.15, -0.1) is 0 Å². The fourth-order valence-electron chi connectivity index (χ4n) is 1.71. The second-order valence-corrected chi connectivity index (χ2v) is 4.02. The number of nitrogens with zero attached hydrogens (tertiary/aromatic N) is 4. The van der Waals surface area contributed by atoms with E-state index in [1.54, 1.807) is 7.05 Å². The molecule has 10 heteroatoms. The normalized spacial score (nSPS) is 11.3. The molecule has 2 heterocycles. The average Bonchev–Trinajstić information content (AvgIpc) is 2.77. The van der Waals surface area contributed by atoms with E-state index in [9.17, 15) is 13.2 Å². The number of ether oxygens (including phenoxy) is 1. The van der Waals surface area contributed by atoms with Crippen molar-refractivity contribution in [2.45, 2.75) is 6.18 Å². The van der Waals surface area contributed by atoms with E-state index in [4.69, 9.17) is 4.74 Å². The van der Waals surface area contributed by atoms with Crippen LogP contribution in [-0.4, -0.2) is 33.9 Å². The zero-order valence-corrected chi connectivity index (χ0v) is 11.5. The molecule has 0 amide bonds. The van der Waals surface area contributed by atoms with E-state index >= 15 is 0 Å². The van der Waals surface area contributed by atoms with E-state index in [1.807, 2.05) is 0 Å². The van der Waals surface area contributed by atoms with Crippen LogP contribution in [0.2, 0.25) is 0 Å². The van der Waals surface area contributed by atoms with Crippen LogP contribution in [0.15, 0.2) is 12.4 Å². The monoisotopic (exact) mass is 302 g/mol. The van der Waals surface area contributed by atoms with Crippen molar-refractivity contribution >= 4 is 17.5 Å². The van der Waals surface area contributed by atoms with E-state index < -0.39 is 11.7 Å². The number of hydrogen-bond acceptors (Lipinski definition) is 6. The summed E-state index contributed by atoms with van der Waals surface area (Å²) in [4.78, 5) is 7.45. The Kier molecular flexibility index (Phi) is 3.87. The molecule has 0 aliphatic rings. The second-order valence-electron chi connectivity index (χ2n) is 4.02. The molecule has 0 saturated heterocycles. The number of rotatable bonds is 4. The van der Waals surface area contributed by atoms with Gasteiger partial charge in [0.15, 0.2) is 0 Å². The first kappa shape index (κ1) is 14.9. The van der Waals surface area contributed by atoms with Crippen LogP contribution in [0, 0.1) is 0 Å². The molecule has 0 unspecified atom stereocenters. The van der Waals surface area contributed by atoms with Crippen molar-refractivity contribution in [1.82, 2.24) is 19.7 Å². The van der Waals surface area contributed by atoms with Crippen LogP contribution < -0.4 is 15.4 Å². The Bertz CT molecular complexity index is 639. The van der Waals surface area contributed by atoms with Gasteiger partial charge in [-0.1, -0.05) is 0 Å². The van der Waals surface area contributed by atoms with E-state index in [2.05, 4.69) is 25.7 Å². The van der Waals surface area contributed by atoms with E-state index in [1.165, 1.54) is 25.0 Å². The fourth-order valence-corrected chi connectivity index (χ4v) is 1.71. The highest BCUT2D eigenvalue weighted by Crippen LogP contribution is 2.34. The summed E-state index contributed by atoms with van der Waals surface area (Å²) in [6, 6.07) is 0. The third kappa shape index (κ3) is 2.98. The summed E-state index contributed by atoms with van der Waals surface area (Å²) in [5, 5.41) is 9.12. The molecular formula is C11H13F3N6O. The SMILES string of the molecule is CNc1nc(Nc2cnn(C)c2OC)ncc1C(F)(F)F. The molecule has 0 saturated carbocycles. The van der Waals surface area contributed by atoms with Gasteiger partial charge in [0.2, 0.25) is 11.8 Å². The quantitative estimate of drug-likeness (QED) is 0.900. The number of anilines is 3. The molecule has 0 radical (unpaired) electrons. The molecule has 0 aliphatic carbocycles. The lowest BCUT2D eigenvalue weighted by Crippen LogP contribution is -2.12. The Balaban J connectivity index is 2.33. The van der Waals surface area contributed by atoms with Gasteiger partial charge in [-0.05, 0) is 0 Å². The summed E-state index contributed by atoms with van der Waals surface area (Å²) in [5.41, 5.74) is -0.490. The van der Waals surface area contributed by atoms with Crippen LogP contribution in [-0.2, 0) is 13.2 Å². The molecule has 0 aliphatic heterocycles. The maximum absolute atomic E-state index is 12.7. The highest BCUT2D eigenvalue weighted by atomic mass is 19.4. The lowest BCUT2D eigenvalue weighted by Gasteiger charge is -2.12. The van der Waals surface area contributed by atoms with Crippen molar-refractivity contribution in [3.8, 4) is 5.88 Å². The first-order chi connectivity index (χ1) is 9.86. The predicted molar refractivity (Wildman–Crippen MR) is 69.6 cm³/mol. The molecule has 0 atom stereocenters. The molecule has 2 N–H and O–H groups in total. The zero-order chi connectivity index (χ0) is 15.6. The van der Waals surface area contributed by atoms with Gasteiger partial charge >= 0.3 is 6.18 Å². The van der Waals surface area contributed by atoms with Crippen LogP contribution in [0.3, 0.4) is 0 Å². The summed E-state index contributed by atoms with van der Waals surface area (Å²) in [6.45, 7) is 0. The maximum Gasteiger partial charge on any atom is 0.421 e. The van der Waals surface area contributed by atoms with Crippen molar-refractivity contribution in [3.05, 3.63) is 18.0 Å². The third-order valence-corrected chi connectivity index (χ3v) is 2.66. The van der Waals surface area contributed by atoms with Gasteiger partial charge < -0.3 is 15.4 Å². The van der Waals surface area contributed by atoms with Crippen LogP contribution in [0.5, 0.6) is 5.88 Å². The minimum absolute atomic E-state index is 0.00125. The van der Waals surface area contributed by atoms with Crippen LogP contribution >= 0.6 is 0 Å². The molecule has 0 bridgehead atoms. The smallest absolute Gasteiger partial charge is 0.421 e. The Morgan fingerprint density at radius 3 is 2.57 bits per heavy atom. The Morgan fingerprint density at radius 1 is 1.29 bits per heavy atom. The van der Waals surface area contributed by atoms with Gasteiger partial charge in [0, 0.05) is 20.3 Å². The standard InChI is InChI=1S/C11H13F3N6O/c1-15-8-6(11(12,13)14)4-16-10(19-8)18-7-5-17-20(2)9(7)21-3/h4-5H,1-3H3,(H2,15,16,18,19). The highest BCUT2D eigenvalue weighted by Gasteiger charge is 2.35. The highest BCUT2D eigenvalue weighted by molar-refractivity contribution is 5.60. The lowest BCUT2D eigenvalue weighted by atomic mass is 10.3. The largest absolute Gasteiger partial charge is 0.480 e. The molecule has 114 valence electrons. The summed E-state index contributed by atoms with van der Waals surface area (Å²) in [7, 11) is 4.47. The van der Waals surface area contributed by atoms with Gasteiger partial charge in [0.1, 0.15) is 17.1 Å². The van der Waals surface area contributed by atoms with Crippen molar-refractivity contribution in [3.63, 3.8) is 0 Å². The molecule has 21 heavy (non-hydrogen) atoms. The van der Waals surface area contributed by atoms with Gasteiger partial charge in [-0.3, -0.25) is 0 Å². The van der Waals surface area contributed by atoms with E-state index in [-0.39, 0.29) is 11.8 Å². The average molecular weight is 302 g/mol. The van der Waals surface area contributed by atoms with E-state index in [0.717, 1.165) is 0 Å². The first-order valence-corrected chi connectivity index (χ1v) is 5.81. The van der Waals surface area contributed by atoms with Crippen LogP contribution in [0.25, 0.3) is 0 Å². The minimum Gasteiger partial charge on any atom is -0.480 e. The Morgan fingerprint density at radius 2 is 2.00 bits per heavy atom. The van der Waals surface area contributed by atoms with Crippen molar-refractivity contribution in [2.24, 2.45) is 7.05 Å². The molecule has 7 nitrogen and oxygen atoms in total. The molecule has 2 aromatic heterocycles. The van der Waals surface area contributed by atoms with Crippen LogP contribution in [0.1, 0.15) is 5.56 Å². The van der Waals surface area contributed by atoms with Gasteiger partial charge in [0.25, 0.3) is 0 Å². The molecular weight excluding hydrogens is 289 g/mol. The summed E-state index contributed by atoms with van der Waals surface area (Å²) >= 11 is 0. The van der Waals surface area contributed by atoms with E-state index in [0.29, 0.717) is 17.8 Å². The summed E-state index contributed by atoms with van der Waals surface area (Å²) in [5.74, 6) is 0.0889. The number of hydrogen-bond donors (Lipinski definition) is 2. The fraction of sp³-hybridized carbons (Fsp3) is 0.364. The van der Waals surface area contributed by atoms with Crippen molar-refractivity contribution in [1.29, 1.82) is 0 Å². The van der Waals surface area contributed by atoms with Gasteiger partial charge in [-0.25, -0.2) is 9.67 Å². The Labute approximate surface area is 118 Å². The Hall–Kier alpha value is -2.52. The van der Waals surface area contributed by atoms with Crippen molar-refractivity contribution in [2.75, 3.05) is 24.8 Å². The molecule has 2 aromatic rings. The second kappa shape index (κ2) is 5.46. The summed E-state index contributed by atoms with van der Waals surface area (Å²) < 4.78 is 44.8. The zero-order valence-electron chi connectivity index (χ0n) is 11.5. The molecule has 0 fully saturated rings. The maximum atomic E-state index is 12.7. The number of halogens is 3. The summed E-state index contributed by atoms with van der Waals surface area (Å²) in [6.07, 6.45) is -2.36. The molecule has 0 spiro atoms. The van der Waals surface area contributed by atoms with Crippen LogP contribution in [0.4, 0.5) is 30.6 Å². The molecule has 0 aromatic carbocycles. The molecule has 2 rings (SSSR count). The number of aryl methyl sites for hydroxylation is 1. The predicted octanol–water partition coefficient (Wildman–Crippen LogP) is 2.02. The number of alkyl halides is 3. The third-order valence-electron chi connectivity index (χ3n) is 2.66. The van der Waals surface area contributed by atoms with Crippen molar-refractivity contribution < 1.29 is 17.9 Å². The number of aromatic nitrogens is 4. The number of methoxy groups -OCH3 is 1. The first-order valence-electron chi connectivity index (χ1n) is 5.81. The van der Waals surface area contributed by atoms with Gasteiger partial charge in [-0.2, -0.15) is 23.3 Å². The number of nitrogens with one attached hydrogen (secondary N) is 2. The van der Waals surface area contributed by atoms with Gasteiger partial charge in [0.05, 0.1) is 13.3 Å². The lowest BCUT2D eigenvalue weighted by molar-refractivity contribution is -0.137.